The van der Waals surface area contributed by atoms with Gasteiger partial charge in [0.05, 0.1) is 0 Å². The van der Waals surface area contributed by atoms with E-state index in [0.717, 1.165) is 17.2 Å². The minimum absolute atomic E-state index is 0.295. The third-order valence-electron chi connectivity index (χ3n) is 4.29. The predicted octanol–water partition coefficient (Wildman–Crippen LogP) is 2.56. The molecule has 114 valence electrons. The van der Waals surface area contributed by atoms with Gasteiger partial charge < -0.3 is 10.0 Å². The van der Waals surface area contributed by atoms with Crippen molar-refractivity contribution in [2.45, 2.75) is 25.8 Å². The Morgan fingerprint density at radius 1 is 1.27 bits per heavy atom. The molecule has 2 heterocycles. The maximum absolute atomic E-state index is 12.8. The number of piperidine rings is 1. The lowest BCUT2D eigenvalue weighted by atomic mass is 9.92. The van der Waals surface area contributed by atoms with Crippen LogP contribution in [0.1, 0.15) is 30.3 Å². The minimum Gasteiger partial charge on any atom is -0.480 e. The fourth-order valence-electron chi connectivity index (χ4n) is 3.04. The number of fused-ring (bicyclic) bond motifs is 1. The number of rotatable bonds is 2. The van der Waals surface area contributed by atoms with E-state index in [1.54, 1.807) is 6.20 Å². The number of nitrogens with zero attached hydrogens (tertiary/aromatic N) is 2. The molecule has 1 amide bonds. The summed E-state index contributed by atoms with van der Waals surface area (Å²) in [5, 5.41) is 11.1. The standard InChI is InChI=1S/C17H18N2O3/c1-11-7-9-19(14(10-11)17(21)22)16(20)15-13-5-3-2-4-12(13)6-8-18-15/h2-6,8,11,14H,7,9-10H2,1H3,(H,21,22). The average Bonchev–Trinajstić information content (AvgIpc) is 2.53. The van der Waals surface area contributed by atoms with Gasteiger partial charge in [0.1, 0.15) is 11.7 Å². The fraction of sp³-hybridized carbons (Fsp3) is 0.353. The molecule has 2 aromatic rings. The Morgan fingerprint density at radius 2 is 2.05 bits per heavy atom. The highest BCUT2D eigenvalue weighted by Crippen LogP contribution is 2.26. The molecule has 22 heavy (non-hydrogen) atoms. The van der Waals surface area contributed by atoms with Gasteiger partial charge in [0.15, 0.2) is 0 Å². The van der Waals surface area contributed by atoms with E-state index < -0.39 is 12.0 Å². The number of aromatic nitrogens is 1. The lowest BCUT2D eigenvalue weighted by molar-refractivity contribution is -0.144. The van der Waals surface area contributed by atoms with Gasteiger partial charge in [-0.05, 0) is 30.2 Å². The first-order chi connectivity index (χ1) is 10.6. The van der Waals surface area contributed by atoms with Gasteiger partial charge >= 0.3 is 5.97 Å². The van der Waals surface area contributed by atoms with Crippen molar-refractivity contribution in [3.63, 3.8) is 0 Å². The second-order valence-electron chi connectivity index (χ2n) is 5.86. The van der Waals surface area contributed by atoms with Crippen molar-refractivity contribution in [3.8, 4) is 0 Å². The van der Waals surface area contributed by atoms with E-state index in [9.17, 15) is 14.7 Å². The molecule has 3 rings (SSSR count). The summed E-state index contributed by atoms with van der Waals surface area (Å²) in [5.74, 6) is -0.929. The number of carboxylic acids is 1. The monoisotopic (exact) mass is 298 g/mol. The number of pyridine rings is 1. The maximum Gasteiger partial charge on any atom is 0.326 e. The zero-order chi connectivity index (χ0) is 15.7. The van der Waals surface area contributed by atoms with Crippen LogP contribution in [0.2, 0.25) is 0 Å². The van der Waals surface area contributed by atoms with Gasteiger partial charge in [-0.1, -0.05) is 31.2 Å². The normalized spacial score (nSPS) is 21.8. The number of carboxylic acid groups (broad SMARTS) is 1. The van der Waals surface area contributed by atoms with Crippen LogP contribution in [0.15, 0.2) is 36.5 Å². The van der Waals surface area contributed by atoms with Crippen LogP contribution in [-0.4, -0.2) is 39.5 Å². The summed E-state index contributed by atoms with van der Waals surface area (Å²) < 4.78 is 0. The molecule has 1 N–H and O–H groups in total. The first-order valence-corrected chi connectivity index (χ1v) is 7.45. The van der Waals surface area contributed by atoms with Crippen molar-refractivity contribution in [1.29, 1.82) is 0 Å². The molecule has 1 fully saturated rings. The van der Waals surface area contributed by atoms with E-state index >= 15 is 0 Å². The van der Waals surface area contributed by atoms with E-state index in [0.29, 0.717) is 24.6 Å². The van der Waals surface area contributed by atoms with Crippen molar-refractivity contribution in [1.82, 2.24) is 9.88 Å². The summed E-state index contributed by atoms with van der Waals surface area (Å²) in [6.45, 7) is 2.48. The summed E-state index contributed by atoms with van der Waals surface area (Å²) in [6.07, 6.45) is 2.91. The number of likely N-dealkylation sites (tertiary alicyclic amines) is 1. The molecular formula is C17H18N2O3. The van der Waals surface area contributed by atoms with Crippen molar-refractivity contribution >= 4 is 22.6 Å². The Hall–Kier alpha value is -2.43. The molecule has 1 aliphatic heterocycles. The number of benzene rings is 1. The van der Waals surface area contributed by atoms with Gasteiger partial charge in [-0.3, -0.25) is 9.78 Å². The van der Waals surface area contributed by atoms with Crippen LogP contribution >= 0.6 is 0 Å². The minimum atomic E-state index is -0.944. The number of aliphatic carboxylic acids is 1. The lowest BCUT2D eigenvalue weighted by Crippen LogP contribution is -2.50. The zero-order valence-corrected chi connectivity index (χ0v) is 12.4. The molecule has 5 nitrogen and oxygen atoms in total. The van der Waals surface area contributed by atoms with E-state index in [-0.39, 0.29) is 5.91 Å². The Bertz CT molecular complexity index is 723. The molecule has 2 atom stereocenters. The molecule has 5 heteroatoms. The van der Waals surface area contributed by atoms with Crippen LogP contribution in [0.25, 0.3) is 10.8 Å². The first-order valence-electron chi connectivity index (χ1n) is 7.45. The molecule has 1 aliphatic rings. The highest BCUT2D eigenvalue weighted by atomic mass is 16.4. The molecule has 1 aromatic heterocycles. The van der Waals surface area contributed by atoms with E-state index in [1.807, 2.05) is 37.3 Å². The first kappa shape index (κ1) is 14.5. The van der Waals surface area contributed by atoms with Gasteiger partial charge in [0.25, 0.3) is 5.91 Å². The highest BCUT2D eigenvalue weighted by Gasteiger charge is 2.36. The molecule has 1 saturated heterocycles. The Balaban J connectivity index is 1.99. The number of amides is 1. The van der Waals surface area contributed by atoms with E-state index in [1.165, 1.54) is 4.90 Å². The second kappa shape index (κ2) is 5.75. The maximum atomic E-state index is 12.8. The Kier molecular flexibility index (Phi) is 3.79. The molecule has 0 saturated carbocycles. The van der Waals surface area contributed by atoms with E-state index in [4.69, 9.17) is 0 Å². The van der Waals surface area contributed by atoms with Gasteiger partial charge in [-0.25, -0.2) is 4.79 Å². The highest BCUT2D eigenvalue weighted by molar-refractivity contribution is 6.06. The topological polar surface area (TPSA) is 70.5 Å². The third kappa shape index (κ3) is 2.54. The Morgan fingerprint density at radius 3 is 2.82 bits per heavy atom. The molecule has 0 radical (unpaired) electrons. The molecule has 1 aromatic carbocycles. The van der Waals surface area contributed by atoms with Crippen LogP contribution in [0.4, 0.5) is 0 Å². The van der Waals surface area contributed by atoms with Gasteiger partial charge in [-0.15, -0.1) is 0 Å². The summed E-state index contributed by atoms with van der Waals surface area (Å²) in [4.78, 5) is 30.0. The Labute approximate surface area is 128 Å². The third-order valence-corrected chi connectivity index (χ3v) is 4.29. The van der Waals surface area contributed by atoms with Gasteiger partial charge in [0, 0.05) is 18.1 Å². The van der Waals surface area contributed by atoms with Crippen LogP contribution in [-0.2, 0) is 4.79 Å². The van der Waals surface area contributed by atoms with Crippen LogP contribution in [0.3, 0.4) is 0 Å². The number of hydrogen-bond donors (Lipinski definition) is 1. The summed E-state index contributed by atoms with van der Waals surface area (Å²) in [7, 11) is 0. The average molecular weight is 298 g/mol. The number of carbonyl (C=O) groups excluding carboxylic acids is 1. The smallest absolute Gasteiger partial charge is 0.326 e. The number of hydrogen-bond acceptors (Lipinski definition) is 3. The SMILES string of the molecule is CC1CCN(C(=O)c2nccc3ccccc23)C(C(=O)O)C1. The summed E-state index contributed by atoms with van der Waals surface area (Å²) >= 11 is 0. The van der Waals surface area contributed by atoms with Crippen LogP contribution in [0, 0.1) is 5.92 Å². The second-order valence-corrected chi connectivity index (χ2v) is 5.86. The van der Waals surface area contributed by atoms with Gasteiger partial charge in [-0.2, -0.15) is 0 Å². The van der Waals surface area contributed by atoms with Crippen molar-refractivity contribution < 1.29 is 14.7 Å². The van der Waals surface area contributed by atoms with Crippen molar-refractivity contribution in [2.24, 2.45) is 5.92 Å². The number of carbonyl (C=O) groups is 2. The van der Waals surface area contributed by atoms with Crippen molar-refractivity contribution in [2.75, 3.05) is 6.54 Å². The fourth-order valence-corrected chi connectivity index (χ4v) is 3.04. The van der Waals surface area contributed by atoms with E-state index in [2.05, 4.69) is 4.98 Å². The largest absolute Gasteiger partial charge is 0.480 e. The predicted molar refractivity (Wildman–Crippen MR) is 82.6 cm³/mol. The molecule has 0 spiro atoms. The molecule has 0 aliphatic carbocycles. The molecule has 2 unspecified atom stereocenters. The summed E-state index contributed by atoms with van der Waals surface area (Å²) in [5.41, 5.74) is 0.332. The molecular weight excluding hydrogens is 280 g/mol. The zero-order valence-electron chi connectivity index (χ0n) is 12.4. The summed E-state index contributed by atoms with van der Waals surface area (Å²) in [6, 6.07) is 8.60. The van der Waals surface area contributed by atoms with Crippen LogP contribution < -0.4 is 0 Å². The van der Waals surface area contributed by atoms with Crippen molar-refractivity contribution in [3.05, 3.63) is 42.2 Å². The lowest BCUT2D eigenvalue weighted by Gasteiger charge is -2.35. The molecule has 0 bridgehead atoms. The quantitative estimate of drug-likeness (QED) is 0.925. The van der Waals surface area contributed by atoms with Gasteiger partial charge in [0.2, 0.25) is 0 Å². The van der Waals surface area contributed by atoms with Crippen LogP contribution in [0.5, 0.6) is 0 Å².